The number of benzene rings is 2. The van der Waals surface area contributed by atoms with Crippen LogP contribution in [0.15, 0.2) is 48.7 Å². The molecule has 0 saturated heterocycles. The van der Waals surface area contributed by atoms with Gasteiger partial charge in [0.1, 0.15) is 5.75 Å². The fraction of sp³-hybridized carbons (Fsp3) is 0.118. The minimum atomic E-state index is -0.477. The van der Waals surface area contributed by atoms with E-state index in [9.17, 15) is 10.1 Å². The molecule has 0 fully saturated rings. The van der Waals surface area contributed by atoms with Gasteiger partial charge in [0.25, 0.3) is 5.69 Å². The molecule has 23 heavy (non-hydrogen) atoms. The molecule has 3 rings (SSSR count). The van der Waals surface area contributed by atoms with Crippen LogP contribution in [-0.4, -0.2) is 17.0 Å². The molecule has 1 heterocycles. The summed E-state index contributed by atoms with van der Waals surface area (Å²) in [5, 5.41) is 11.8. The predicted octanol–water partition coefficient (Wildman–Crippen LogP) is 4.25. The summed E-state index contributed by atoms with van der Waals surface area (Å²) in [7, 11) is 1.45. The minimum absolute atomic E-state index is 0.116. The molecular weight excluding hydrogens is 296 g/mol. The Morgan fingerprint density at radius 2 is 1.91 bits per heavy atom. The first-order valence-corrected chi connectivity index (χ1v) is 6.95. The molecule has 0 aliphatic rings. The second kappa shape index (κ2) is 5.92. The average Bonchev–Trinajstić information content (AvgIpc) is 2.56. The molecule has 1 aromatic heterocycles. The number of nitro benzene ring substituents is 1. The Bertz CT molecular complexity index is 893. The first-order chi connectivity index (χ1) is 11.1. The zero-order chi connectivity index (χ0) is 16.4. The number of fused-ring (bicyclic) bond motifs is 1. The summed E-state index contributed by atoms with van der Waals surface area (Å²) >= 11 is 0. The first-order valence-electron chi connectivity index (χ1n) is 6.95. The van der Waals surface area contributed by atoms with Crippen LogP contribution in [0.5, 0.6) is 17.2 Å². The van der Waals surface area contributed by atoms with Crippen LogP contribution in [0, 0.1) is 17.0 Å². The molecule has 0 spiro atoms. The Kier molecular flexibility index (Phi) is 3.80. The number of ether oxygens (including phenoxy) is 2. The summed E-state index contributed by atoms with van der Waals surface area (Å²) in [6.45, 7) is 1.92. The van der Waals surface area contributed by atoms with Crippen molar-refractivity contribution in [3.8, 4) is 17.2 Å². The number of para-hydroxylation sites is 1. The number of aryl methyl sites for hydroxylation is 1. The monoisotopic (exact) mass is 310 g/mol. The van der Waals surface area contributed by atoms with E-state index >= 15 is 0 Å². The summed E-state index contributed by atoms with van der Waals surface area (Å²) in [6, 6.07) is 12.3. The van der Waals surface area contributed by atoms with Crippen LogP contribution < -0.4 is 9.47 Å². The van der Waals surface area contributed by atoms with Gasteiger partial charge in [0.2, 0.25) is 0 Å². The van der Waals surface area contributed by atoms with E-state index < -0.39 is 4.92 Å². The van der Waals surface area contributed by atoms with E-state index in [1.165, 1.54) is 19.4 Å². The molecule has 0 saturated carbocycles. The Morgan fingerprint density at radius 3 is 2.61 bits per heavy atom. The normalized spacial score (nSPS) is 10.5. The van der Waals surface area contributed by atoms with Crippen molar-refractivity contribution in [3.63, 3.8) is 0 Å². The van der Waals surface area contributed by atoms with E-state index in [0.29, 0.717) is 22.6 Å². The molecule has 6 heteroatoms. The molecule has 0 N–H and O–H groups in total. The second-order valence-corrected chi connectivity index (χ2v) is 4.95. The van der Waals surface area contributed by atoms with Crippen LogP contribution in [0.3, 0.4) is 0 Å². The van der Waals surface area contributed by atoms with Crippen LogP contribution in [-0.2, 0) is 0 Å². The number of nitrogens with zero attached hydrogens (tertiary/aromatic N) is 2. The van der Waals surface area contributed by atoms with E-state index in [4.69, 9.17) is 9.47 Å². The van der Waals surface area contributed by atoms with Gasteiger partial charge in [0.05, 0.1) is 23.5 Å². The van der Waals surface area contributed by atoms with Gasteiger partial charge in [-0.3, -0.25) is 10.1 Å². The van der Waals surface area contributed by atoms with Gasteiger partial charge in [-0.15, -0.1) is 0 Å². The summed E-state index contributed by atoms with van der Waals surface area (Å²) in [5.74, 6) is 1.36. The highest BCUT2D eigenvalue weighted by molar-refractivity contribution is 5.94. The smallest absolute Gasteiger partial charge is 0.299 e. The quantitative estimate of drug-likeness (QED) is 0.532. The topological polar surface area (TPSA) is 74.5 Å². The van der Waals surface area contributed by atoms with Crippen molar-refractivity contribution in [1.82, 2.24) is 4.98 Å². The maximum absolute atomic E-state index is 11.3. The largest absolute Gasteiger partial charge is 0.493 e. The van der Waals surface area contributed by atoms with Crippen LogP contribution in [0.1, 0.15) is 5.56 Å². The minimum Gasteiger partial charge on any atom is -0.493 e. The zero-order valence-electron chi connectivity index (χ0n) is 12.6. The fourth-order valence-electron chi connectivity index (χ4n) is 2.36. The Hall–Kier alpha value is -3.15. The molecule has 0 radical (unpaired) electrons. The molecular formula is C17H14N2O4. The third-order valence-corrected chi connectivity index (χ3v) is 3.51. The van der Waals surface area contributed by atoms with Crippen LogP contribution >= 0.6 is 0 Å². The average molecular weight is 310 g/mol. The van der Waals surface area contributed by atoms with Crippen molar-refractivity contribution in [1.29, 1.82) is 0 Å². The summed E-state index contributed by atoms with van der Waals surface area (Å²) in [4.78, 5) is 14.9. The van der Waals surface area contributed by atoms with Crippen molar-refractivity contribution in [3.05, 3.63) is 64.3 Å². The SMILES string of the molecule is COc1cc([N+](=O)[O-])c2ncccc2c1Oc1ccccc1C. The summed E-state index contributed by atoms with van der Waals surface area (Å²) < 4.78 is 11.3. The highest BCUT2D eigenvalue weighted by Gasteiger charge is 2.22. The van der Waals surface area contributed by atoms with Gasteiger partial charge < -0.3 is 9.47 Å². The summed E-state index contributed by atoms with van der Waals surface area (Å²) in [5.41, 5.74) is 1.10. The summed E-state index contributed by atoms with van der Waals surface area (Å²) in [6.07, 6.45) is 1.51. The van der Waals surface area contributed by atoms with Gasteiger partial charge in [-0.1, -0.05) is 18.2 Å². The van der Waals surface area contributed by atoms with E-state index in [-0.39, 0.29) is 11.2 Å². The third-order valence-electron chi connectivity index (χ3n) is 3.51. The van der Waals surface area contributed by atoms with Gasteiger partial charge in [-0.25, -0.2) is 4.98 Å². The van der Waals surface area contributed by atoms with Gasteiger partial charge in [-0.2, -0.15) is 0 Å². The van der Waals surface area contributed by atoms with Gasteiger partial charge in [-0.05, 0) is 30.7 Å². The number of pyridine rings is 1. The Labute approximate surface area is 132 Å². The lowest BCUT2D eigenvalue weighted by molar-refractivity contribution is -0.383. The predicted molar refractivity (Wildman–Crippen MR) is 86.2 cm³/mol. The number of hydrogen-bond acceptors (Lipinski definition) is 5. The molecule has 0 amide bonds. The van der Waals surface area contributed by atoms with Crippen molar-refractivity contribution < 1.29 is 14.4 Å². The lowest BCUT2D eigenvalue weighted by Gasteiger charge is -2.14. The molecule has 0 aliphatic heterocycles. The van der Waals surface area contributed by atoms with Crippen molar-refractivity contribution in [2.24, 2.45) is 0 Å². The van der Waals surface area contributed by atoms with Crippen molar-refractivity contribution in [2.45, 2.75) is 6.92 Å². The lowest BCUT2D eigenvalue weighted by Crippen LogP contribution is -1.98. The molecule has 2 aromatic carbocycles. The number of hydrogen-bond donors (Lipinski definition) is 0. The zero-order valence-corrected chi connectivity index (χ0v) is 12.6. The van der Waals surface area contributed by atoms with E-state index in [0.717, 1.165) is 5.56 Å². The van der Waals surface area contributed by atoms with Crippen LogP contribution in [0.25, 0.3) is 10.9 Å². The van der Waals surface area contributed by atoms with Crippen LogP contribution in [0.4, 0.5) is 5.69 Å². The maximum atomic E-state index is 11.3. The van der Waals surface area contributed by atoms with Gasteiger partial charge in [0.15, 0.2) is 17.0 Å². The standard InChI is InChI=1S/C17H14N2O4/c1-11-6-3-4-8-14(11)23-17-12-7-5-9-18-16(12)13(19(20)21)10-15(17)22-2/h3-10H,1-2H3. The van der Waals surface area contributed by atoms with E-state index in [1.807, 2.05) is 31.2 Å². The number of rotatable bonds is 4. The molecule has 116 valence electrons. The van der Waals surface area contributed by atoms with Gasteiger partial charge in [0, 0.05) is 6.20 Å². The Balaban J connectivity index is 2.25. The number of nitro groups is 1. The molecule has 0 bridgehead atoms. The third kappa shape index (κ3) is 2.66. The van der Waals surface area contributed by atoms with E-state index in [2.05, 4.69) is 4.98 Å². The molecule has 0 atom stereocenters. The number of aromatic nitrogens is 1. The van der Waals surface area contributed by atoms with Crippen LogP contribution in [0.2, 0.25) is 0 Å². The number of methoxy groups -OCH3 is 1. The molecule has 0 aliphatic carbocycles. The van der Waals surface area contributed by atoms with Crippen molar-refractivity contribution in [2.75, 3.05) is 7.11 Å². The van der Waals surface area contributed by atoms with Gasteiger partial charge >= 0.3 is 0 Å². The molecule has 6 nitrogen and oxygen atoms in total. The van der Waals surface area contributed by atoms with Crippen molar-refractivity contribution >= 4 is 16.6 Å². The fourth-order valence-corrected chi connectivity index (χ4v) is 2.36. The Morgan fingerprint density at radius 1 is 1.13 bits per heavy atom. The maximum Gasteiger partial charge on any atom is 0.299 e. The molecule has 3 aromatic rings. The first kappa shape index (κ1) is 14.8. The highest BCUT2D eigenvalue weighted by Crippen LogP contribution is 2.42. The highest BCUT2D eigenvalue weighted by atomic mass is 16.6. The number of non-ortho nitro benzene ring substituents is 1. The molecule has 0 unspecified atom stereocenters. The second-order valence-electron chi connectivity index (χ2n) is 4.95. The van der Waals surface area contributed by atoms with E-state index in [1.54, 1.807) is 12.1 Å². The lowest BCUT2D eigenvalue weighted by atomic mass is 10.1.